The van der Waals surface area contributed by atoms with Crippen LogP contribution in [0.2, 0.25) is 0 Å². The van der Waals surface area contributed by atoms with Crippen LogP contribution in [0, 0.1) is 0 Å². The fourth-order valence-electron chi connectivity index (χ4n) is 2.63. The van der Waals surface area contributed by atoms with Crippen molar-refractivity contribution in [2.24, 2.45) is 0 Å². The number of hydrogen-bond acceptors (Lipinski definition) is 4. The van der Waals surface area contributed by atoms with Crippen LogP contribution in [0.4, 0.5) is 0 Å². The van der Waals surface area contributed by atoms with Gasteiger partial charge in [-0.3, -0.25) is 0 Å². The number of aliphatic hydroxyl groups is 1. The lowest BCUT2D eigenvalue weighted by Gasteiger charge is -2.36. The zero-order chi connectivity index (χ0) is 14.6. The SMILES string of the molecule is COc1ccc(C(O)CNC2CCOC(C)(C)C2)cc1. The maximum absolute atomic E-state index is 10.2. The molecule has 112 valence electrons. The van der Waals surface area contributed by atoms with Crippen LogP contribution in [0.1, 0.15) is 38.4 Å². The monoisotopic (exact) mass is 279 g/mol. The first-order chi connectivity index (χ1) is 9.50. The molecule has 0 radical (unpaired) electrons. The van der Waals surface area contributed by atoms with Crippen LogP contribution in [-0.2, 0) is 4.74 Å². The van der Waals surface area contributed by atoms with Gasteiger partial charge >= 0.3 is 0 Å². The van der Waals surface area contributed by atoms with Gasteiger partial charge in [0.05, 0.1) is 18.8 Å². The Kier molecular flexibility index (Phi) is 5.02. The molecule has 2 unspecified atom stereocenters. The minimum Gasteiger partial charge on any atom is -0.497 e. The van der Waals surface area contributed by atoms with Crippen molar-refractivity contribution in [2.45, 2.75) is 44.4 Å². The molecule has 1 heterocycles. The van der Waals surface area contributed by atoms with Crippen LogP contribution in [0.15, 0.2) is 24.3 Å². The highest BCUT2D eigenvalue weighted by molar-refractivity contribution is 5.28. The first-order valence-electron chi connectivity index (χ1n) is 7.19. The van der Waals surface area contributed by atoms with Crippen LogP contribution in [0.25, 0.3) is 0 Å². The third-order valence-electron chi connectivity index (χ3n) is 3.80. The summed E-state index contributed by atoms with van der Waals surface area (Å²) < 4.78 is 10.8. The molecule has 2 atom stereocenters. The molecule has 1 aromatic rings. The van der Waals surface area contributed by atoms with Gasteiger partial charge in [0.2, 0.25) is 0 Å². The van der Waals surface area contributed by atoms with Crippen molar-refractivity contribution in [3.05, 3.63) is 29.8 Å². The molecule has 2 rings (SSSR count). The van der Waals surface area contributed by atoms with E-state index in [-0.39, 0.29) is 5.60 Å². The summed E-state index contributed by atoms with van der Waals surface area (Å²) >= 11 is 0. The standard InChI is InChI=1S/C16H25NO3/c1-16(2)10-13(8-9-20-16)17-11-15(18)12-4-6-14(19-3)7-5-12/h4-7,13,15,17-18H,8-11H2,1-3H3. The van der Waals surface area contributed by atoms with Crippen molar-refractivity contribution in [1.82, 2.24) is 5.32 Å². The molecule has 1 aliphatic rings. The Morgan fingerprint density at radius 2 is 2.10 bits per heavy atom. The molecule has 0 bridgehead atoms. The summed E-state index contributed by atoms with van der Waals surface area (Å²) in [5.74, 6) is 0.806. The van der Waals surface area contributed by atoms with Crippen LogP contribution < -0.4 is 10.1 Å². The Hall–Kier alpha value is -1.10. The number of nitrogens with one attached hydrogen (secondary N) is 1. The molecule has 1 aliphatic heterocycles. The van der Waals surface area contributed by atoms with Gasteiger partial charge in [0.15, 0.2) is 0 Å². The van der Waals surface area contributed by atoms with Gasteiger partial charge in [-0.15, -0.1) is 0 Å². The summed E-state index contributed by atoms with van der Waals surface area (Å²) in [6, 6.07) is 7.95. The molecule has 0 aromatic heterocycles. The first-order valence-corrected chi connectivity index (χ1v) is 7.19. The van der Waals surface area contributed by atoms with E-state index in [1.807, 2.05) is 24.3 Å². The summed E-state index contributed by atoms with van der Waals surface area (Å²) in [4.78, 5) is 0. The largest absolute Gasteiger partial charge is 0.497 e. The average Bonchev–Trinajstić information content (AvgIpc) is 2.44. The van der Waals surface area contributed by atoms with Gasteiger partial charge in [-0.05, 0) is 44.4 Å². The van der Waals surface area contributed by atoms with Gasteiger partial charge in [-0.1, -0.05) is 12.1 Å². The molecule has 0 aliphatic carbocycles. The molecular formula is C16H25NO3. The second kappa shape index (κ2) is 6.57. The predicted molar refractivity (Wildman–Crippen MR) is 79.0 cm³/mol. The van der Waals surface area contributed by atoms with E-state index in [1.54, 1.807) is 7.11 Å². The Morgan fingerprint density at radius 1 is 1.40 bits per heavy atom. The highest BCUT2D eigenvalue weighted by Gasteiger charge is 2.28. The number of benzene rings is 1. The Morgan fingerprint density at radius 3 is 2.70 bits per heavy atom. The van der Waals surface area contributed by atoms with Gasteiger partial charge in [-0.25, -0.2) is 0 Å². The van der Waals surface area contributed by atoms with Gasteiger partial charge in [0, 0.05) is 19.2 Å². The minimum atomic E-state index is -0.494. The van der Waals surface area contributed by atoms with E-state index in [9.17, 15) is 5.11 Å². The van der Waals surface area contributed by atoms with Crippen molar-refractivity contribution in [3.8, 4) is 5.75 Å². The number of methoxy groups -OCH3 is 1. The molecule has 1 fully saturated rings. The summed E-state index contributed by atoms with van der Waals surface area (Å²) in [5.41, 5.74) is 0.839. The highest BCUT2D eigenvalue weighted by Crippen LogP contribution is 2.24. The number of ether oxygens (including phenoxy) is 2. The maximum atomic E-state index is 10.2. The molecular weight excluding hydrogens is 254 g/mol. The molecule has 2 N–H and O–H groups in total. The van der Waals surface area contributed by atoms with E-state index in [0.29, 0.717) is 12.6 Å². The first kappa shape index (κ1) is 15.3. The zero-order valence-corrected chi connectivity index (χ0v) is 12.6. The van der Waals surface area contributed by atoms with Crippen molar-refractivity contribution >= 4 is 0 Å². The third-order valence-corrected chi connectivity index (χ3v) is 3.80. The highest BCUT2D eigenvalue weighted by atomic mass is 16.5. The normalized spacial score (nSPS) is 23.3. The average molecular weight is 279 g/mol. The fourth-order valence-corrected chi connectivity index (χ4v) is 2.63. The predicted octanol–water partition coefficient (Wildman–Crippen LogP) is 2.28. The Balaban J connectivity index is 1.83. The Labute approximate surface area is 121 Å². The van der Waals surface area contributed by atoms with Crippen LogP contribution in [-0.4, -0.2) is 37.0 Å². The fraction of sp³-hybridized carbons (Fsp3) is 0.625. The molecule has 0 amide bonds. The van der Waals surface area contributed by atoms with E-state index < -0.39 is 6.10 Å². The van der Waals surface area contributed by atoms with Gasteiger partial charge in [0.25, 0.3) is 0 Å². The van der Waals surface area contributed by atoms with Crippen LogP contribution >= 0.6 is 0 Å². The molecule has 0 spiro atoms. The van der Waals surface area contributed by atoms with Gasteiger partial charge < -0.3 is 19.9 Å². The van der Waals surface area contributed by atoms with Crippen LogP contribution in [0.5, 0.6) is 5.75 Å². The minimum absolute atomic E-state index is 0.0685. The molecule has 4 heteroatoms. The van der Waals surface area contributed by atoms with E-state index in [1.165, 1.54) is 0 Å². The summed E-state index contributed by atoms with van der Waals surface area (Å²) in [6.45, 7) is 5.57. The van der Waals surface area contributed by atoms with Crippen molar-refractivity contribution in [3.63, 3.8) is 0 Å². The molecule has 1 saturated heterocycles. The van der Waals surface area contributed by atoms with E-state index >= 15 is 0 Å². The summed E-state index contributed by atoms with van der Waals surface area (Å²) in [6.07, 6.45) is 1.48. The lowest BCUT2D eigenvalue weighted by atomic mass is 9.94. The Bertz CT molecular complexity index is 416. The van der Waals surface area contributed by atoms with Crippen molar-refractivity contribution < 1.29 is 14.6 Å². The maximum Gasteiger partial charge on any atom is 0.118 e. The third kappa shape index (κ3) is 4.20. The van der Waals surface area contributed by atoms with Crippen LogP contribution in [0.3, 0.4) is 0 Å². The molecule has 4 nitrogen and oxygen atoms in total. The van der Waals surface area contributed by atoms with E-state index in [4.69, 9.17) is 9.47 Å². The lowest BCUT2D eigenvalue weighted by Crippen LogP contribution is -2.44. The van der Waals surface area contributed by atoms with Crippen molar-refractivity contribution in [2.75, 3.05) is 20.3 Å². The zero-order valence-electron chi connectivity index (χ0n) is 12.6. The lowest BCUT2D eigenvalue weighted by molar-refractivity contribution is -0.0638. The number of rotatable bonds is 5. The quantitative estimate of drug-likeness (QED) is 0.868. The summed E-state index contributed by atoms with van der Waals surface area (Å²) in [7, 11) is 1.64. The number of hydrogen-bond donors (Lipinski definition) is 2. The van der Waals surface area contributed by atoms with Crippen molar-refractivity contribution in [1.29, 1.82) is 0 Å². The summed E-state index contributed by atoms with van der Waals surface area (Å²) in [5, 5.41) is 13.7. The topological polar surface area (TPSA) is 50.7 Å². The van der Waals surface area contributed by atoms with Gasteiger partial charge in [0.1, 0.15) is 5.75 Å². The second-order valence-electron chi connectivity index (χ2n) is 6.00. The smallest absolute Gasteiger partial charge is 0.118 e. The van der Waals surface area contributed by atoms with E-state index in [0.717, 1.165) is 30.8 Å². The molecule has 1 aromatic carbocycles. The molecule has 0 saturated carbocycles. The number of aliphatic hydroxyl groups excluding tert-OH is 1. The van der Waals surface area contributed by atoms with Gasteiger partial charge in [-0.2, -0.15) is 0 Å². The second-order valence-corrected chi connectivity index (χ2v) is 6.00. The molecule has 20 heavy (non-hydrogen) atoms. The van der Waals surface area contributed by atoms with E-state index in [2.05, 4.69) is 19.2 Å².